The van der Waals surface area contributed by atoms with Crippen molar-refractivity contribution < 1.29 is 14.3 Å². The lowest BCUT2D eigenvalue weighted by atomic mass is 9.78. The van der Waals surface area contributed by atoms with E-state index >= 15 is 0 Å². The summed E-state index contributed by atoms with van der Waals surface area (Å²) in [6.45, 7) is 4.02. The van der Waals surface area contributed by atoms with Gasteiger partial charge in [-0.2, -0.15) is 0 Å². The number of ether oxygens (including phenoxy) is 1. The van der Waals surface area contributed by atoms with Crippen molar-refractivity contribution in [2.24, 2.45) is 11.8 Å². The van der Waals surface area contributed by atoms with Crippen molar-refractivity contribution in [1.29, 1.82) is 0 Å². The topological polar surface area (TPSA) is 86.1 Å². The number of nitrogens with zero attached hydrogens (tertiary/aromatic N) is 3. The summed E-state index contributed by atoms with van der Waals surface area (Å²) in [5, 5.41) is 7.38. The van der Waals surface area contributed by atoms with Gasteiger partial charge in [0.2, 0.25) is 0 Å². The lowest BCUT2D eigenvalue weighted by Crippen LogP contribution is -2.45. The number of hydrogen-bond donors (Lipinski definition) is 1. The third-order valence-electron chi connectivity index (χ3n) is 6.21. The molecule has 1 N–H and O–H groups in total. The number of carbonyl (C=O) groups excluding carboxylic acids is 2. The molecule has 0 bridgehead atoms. The summed E-state index contributed by atoms with van der Waals surface area (Å²) < 4.78 is 6.85. The van der Waals surface area contributed by atoms with Crippen LogP contribution in [-0.2, 0) is 9.53 Å². The van der Waals surface area contributed by atoms with E-state index < -0.39 is 5.97 Å². The fourth-order valence-electron chi connectivity index (χ4n) is 4.15. The molecule has 1 amide bonds. The van der Waals surface area contributed by atoms with E-state index in [1.807, 2.05) is 60.7 Å². The summed E-state index contributed by atoms with van der Waals surface area (Å²) >= 11 is 0. The van der Waals surface area contributed by atoms with Crippen LogP contribution in [0.2, 0.25) is 0 Å². The maximum atomic E-state index is 12.6. The van der Waals surface area contributed by atoms with Crippen LogP contribution in [0.5, 0.6) is 0 Å². The van der Waals surface area contributed by atoms with Gasteiger partial charge in [-0.3, -0.25) is 4.79 Å². The quantitative estimate of drug-likeness (QED) is 0.595. The normalized spacial score (nSPS) is 20.5. The Hall–Kier alpha value is -3.48. The molecule has 0 unspecified atom stereocenters. The number of carbonyl (C=O) groups is 2. The van der Waals surface area contributed by atoms with Crippen LogP contribution in [0.3, 0.4) is 0 Å². The molecule has 1 saturated carbocycles. The first-order chi connectivity index (χ1) is 15.5. The second-order valence-electron chi connectivity index (χ2n) is 8.39. The summed E-state index contributed by atoms with van der Waals surface area (Å²) in [6.07, 6.45) is 3.23. The number of hydrogen-bond acceptors (Lipinski definition) is 5. The van der Waals surface area contributed by atoms with Crippen molar-refractivity contribution in [2.75, 3.05) is 6.61 Å². The predicted octanol–water partition coefficient (Wildman–Crippen LogP) is 4.03. The highest BCUT2D eigenvalue weighted by molar-refractivity contribution is 5.88. The highest BCUT2D eigenvalue weighted by Crippen LogP contribution is 2.29. The predicted molar refractivity (Wildman–Crippen MR) is 121 cm³/mol. The molecule has 1 aromatic heterocycles. The minimum absolute atomic E-state index is 0.0832. The second kappa shape index (κ2) is 9.77. The smallest absolute Gasteiger partial charge is 0.378 e. The maximum absolute atomic E-state index is 12.6. The molecule has 7 heteroatoms. The number of benzene rings is 2. The Kier molecular flexibility index (Phi) is 6.63. The van der Waals surface area contributed by atoms with Crippen molar-refractivity contribution in [3.63, 3.8) is 0 Å². The SMILES string of the molecule is C[C@H]1[C@H](C)CCC[C@H]1NC(=O)COC(=O)c1nc(-c2ccccc2)n(-c2ccccc2)n1. The van der Waals surface area contributed by atoms with Gasteiger partial charge in [0.15, 0.2) is 12.4 Å². The van der Waals surface area contributed by atoms with Gasteiger partial charge < -0.3 is 10.1 Å². The van der Waals surface area contributed by atoms with Gasteiger partial charge >= 0.3 is 5.97 Å². The highest BCUT2D eigenvalue weighted by Gasteiger charge is 2.28. The van der Waals surface area contributed by atoms with E-state index in [0.29, 0.717) is 17.7 Å². The average Bonchev–Trinajstić information content (AvgIpc) is 3.27. The molecule has 0 spiro atoms. The number of para-hydroxylation sites is 1. The van der Waals surface area contributed by atoms with E-state index in [1.165, 1.54) is 6.42 Å². The standard InChI is InChI=1S/C25H28N4O3/c1-17-10-9-15-21(18(17)2)26-22(30)16-32-25(31)23-27-24(19-11-5-3-6-12-19)29(28-23)20-13-7-4-8-14-20/h3-8,11-14,17-18,21H,9-10,15-16H2,1-2H3,(H,26,30)/t17-,18+,21-/m1/s1. The van der Waals surface area contributed by atoms with E-state index in [4.69, 9.17) is 4.74 Å². The Morgan fingerprint density at radius 3 is 2.44 bits per heavy atom. The molecule has 0 aliphatic heterocycles. The fourth-order valence-corrected chi connectivity index (χ4v) is 4.15. The van der Waals surface area contributed by atoms with Crippen molar-refractivity contribution in [2.45, 2.75) is 39.2 Å². The summed E-state index contributed by atoms with van der Waals surface area (Å²) in [6, 6.07) is 19.1. The van der Waals surface area contributed by atoms with Crippen LogP contribution in [0.1, 0.15) is 43.7 Å². The zero-order chi connectivity index (χ0) is 22.5. The first-order valence-electron chi connectivity index (χ1n) is 11.1. The third kappa shape index (κ3) is 4.88. The van der Waals surface area contributed by atoms with Crippen LogP contribution in [0.4, 0.5) is 0 Å². The number of aromatic nitrogens is 3. The summed E-state index contributed by atoms with van der Waals surface area (Å²) in [5.41, 5.74) is 1.59. The van der Waals surface area contributed by atoms with E-state index in [0.717, 1.165) is 24.1 Å². The van der Waals surface area contributed by atoms with Crippen LogP contribution in [0.25, 0.3) is 17.1 Å². The van der Waals surface area contributed by atoms with Crippen molar-refractivity contribution in [1.82, 2.24) is 20.1 Å². The molecule has 1 aliphatic carbocycles. The molecular formula is C25H28N4O3. The third-order valence-corrected chi connectivity index (χ3v) is 6.21. The largest absolute Gasteiger partial charge is 0.450 e. The van der Waals surface area contributed by atoms with Crippen molar-refractivity contribution in [3.05, 3.63) is 66.5 Å². The van der Waals surface area contributed by atoms with Crippen LogP contribution in [0.15, 0.2) is 60.7 Å². The van der Waals surface area contributed by atoms with E-state index in [-0.39, 0.29) is 24.4 Å². The van der Waals surface area contributed by atoms with Crippen molar-refractivity contribution >= 4 is 11.9 Å². The molecule has 0 saturated heterocycles. The van der Waals surface area contributed by atoms with E-state index in [9.17, 15) is 9.59 Å². The minimum atomic E-state index is -0.725. The molecule has 3 aromatic rings. The van der Waals surface area contributed by atoms with Gasteiger partial charge in [-0.15, -0.1) is 5.10 Å². The molecule has 0 radical (unpaired) electrons. The van der Waals surface area contributed by atoms with Gasteiger partial charge in [-0.1, -0.05) is 75.2 Å². The first kappa shape index (κ1) is 21.7. The first-order valence-corrected chi connectivity index (χ1v) is 11.1. The van der Waals surface area contributed by atoms with Gasteiger partial charge in [-0.05, 0) is 30.4 Å². The Labute approximate surface area is 187 Å². The second-order valence-corrected chi connectivity index (χ2v) is 8.39. The fraction of sp³-hybridized carbons (Fsp3) is 0.360. The molecule has 4 rings (SSSR count). The zero-order valence-electron chi connectivity index (χ0n) is 18.4. The molecule has 7 nitrogen and oxygen atoms in total. The summed E-state index contributed by atoms with van der Waals surface area (Å²) in [4.78, 5) is 29.4. The van der Waals surface area contributed by atoms with Gasteiger partial charge in [0.25, 0.3) is 11.7 Å². The number of esters is 1. The van der Waals surface area contributed by atoms with Crippen molar-refractivity contribution in [3.8, 4) is 17.1 Å². The molecule has 1 heterocycles. The Morgan fingerprint density at radius 2 is 1.72 bits per heavy atom. The van der Waals surface area contributed by atoms with E-state index in [1.54, 1.807) is 4.68 Å². The van der Waals surface area contributed by atoms with Crippen LogP contribution in [-0.4, -0.2) is 39.3 Å². The molecule has 2 aromatic carbocycles. The van der Waals surface area contributed by atoms with Gasteiger partial charge in [0.1, 0.15) is 0 Å². The molecular weight excluding hydrogens is 404 g/mol. The number of rotatable bonds is 6. The maximum Gasteiger partial charge on any atom is 0.378 e. The molecule has 3 atom stereocenters. The monoisotopic (exact) mass is 432 g/mol. The molecule has 32 heavy (non-hydrogen) atoms. The highest BCUT2D eigenvalue weighted by atomic mass is 16.5. The molecule has 1 aliphatic rings. The average molecular weight is 433 g/mol. The van der Waals surface area contributed by atoms with Gasteiger partial charge in [0, 0.05) is 11.6 Å². The minimum Gasteiger partial charge on any atom is -0.450 e. The number of nitrogens with one attached hydrogen (secondary N) is 1. The Morgan fingerprint density at radius 1 is 1.03 bits per heavy atom. The summed E-state index contributed by atoms with van der Waals surface area (Å²) in [5.74, 6) is 0.393. The van der Waals surface area contributed by atoms with Gasteiger partial charge in [0.05, 0.1) is 5.69 Å². The molecule has 166 valence electrons. The van der Waals surface area contributed by atoms with Crippen LogP contribution >= 0.6 is 0 Å². The van der Waals surface area contributed by atoms with Crippen LogP contribution < -0.4 is 5.32 Å². The summed E-state index contributed by atoms with van der Waals surface area (Å²) in [7, 11) is 0. The van der Waals surface area contributed by atoms with E-state index in [2.05, 4.69) is 29.2 Å². The molecule has 1 fully saturated rings. The zero-order valence-corrected chi connectivity index (χ0v) is 18.4. The lowest BCUT2D eigenvalue weighted by molar-refractivity contribution is -0.125. The van der Waals surface area contributed by atoms with Gasteiger partial charge in [-0.25, -0.2) is 14.5 Å². The Bertz CT molecular complexity index is 1010. The number of amides is 1. The lowest BCUT2D eigenvalue weighted by Gasteiger charge is -2.34. The van der Waals surface area contributed by atoms with Crippen LogP contribution in [0, 0.1) is 11.8 Å². The Balaban J connectivity index is 1.47.